The molecular weight excluding hydrogens is 419 g/mol. The lowest BCUT2D eigenvalue weighted by Crippen LogP contribution is -2.46. The van der Waals surface area contributed by atoms with E-state index in [1.54, 1.807) is 7.05 Å². The van der Waals surface area contributed by atoms with Crippen LogP contribution in [0.1, 0.15) is 52.4 Å². The standard InChI is InChI=1S/C17H34N4O2.HI/c1-14(2)9-11-23-12-10-19-17(18-3)20-13-16(22)21-15-7-5-4-6-8-15;/h14-15H,4-13H2,1-3H3,(H,21,22)(H2,18,19,20);1H. The Morgan fingerprint density at radius 3 is 2.50 bits per heavy atom. The number of aliphatic imine (C=N–C) groups is 1. The van der Waals surface area contributed by atoms with E-state index in [9.17, 15) is 4.79 Å². The molecule has 0 unspecified atom stereocenters. The van der Waals surface area contributed by atoms with E-state index in [0.717, 1.165) is 25.9 Å². The van der Waals surface area contributed by atoms with Gasteiger partial charge in [-0.25, -0.2) is 0 Å². The van der Waals surface area contributed by atoms with E-state index in [4.69, 9.17) is 4.74 Å². The van der Waals surface area contributed by atoms with Crippen LogP contribution in [0.2, 0.25) is 0 Å². The molecular formula is C17H35IN4O2. The van der Waals surface area contributed by atoms with Crippen LogP contribution in [-0.2, 0) is 9.53 Å². The second kappa shape index (κ2) is 14.7. The van der Waals surface area contributed by atoms with E-state index in [1.807, 2.05) is 0 Å². The van der Waals surface area contributed by atoms with Crippen molar-refractivity contribution in [1.29, 1.82) is 0 Å². The van der Waals surface area contributed by atoms with Crippen molar-refractivity contribution in [1.82, 2.24) is 16.0 Å². The SMILES string of the molecule is CN=C(NCCOCCC(C)C)NCC(=O)NC1CCCCC1.I. The Morgan fingerprint density at radius 1 is 1.17 bits per heavy atom. The lowest BCUT2D eigenvalue weighted by Gasteiger charge is -2.23. The summed E-state index contributed by atoms with van der Waals surface area (Å²) in [7, 11) is 1.70. The first kappa shape index (κ1) is 23.4. The molecule has 7 heteroatoms. The molecule has 1 aliphatic rings. The van der Waals surface area contributed by atoms with Crippen molar-refractivity contribution in [2.24, 2.45) is 10.9 Å². The Balaban J connectivity index is 0.00000529. The van der Waals surface area contributed by atoms with Crippen LogP contribution in [0.4, 0.5) is 0 Å². The zero-order chi connectivity index (χ0) is 16.9. The average Bonchev–Trinajstić information content (AvgIpc) is 2.54. The van der Waals surface area contributed by atoms with Gasteiger partial charge < -0.3 is 20.7 Å². The third-order valence-electron chi connectivity index (χ3n) is 3.99. The van der Waals surface area contributed by atoms with E-state index in [0.29, 0.717) is 31.1 Å². The molecule has 1 rings (SSSR count). The molecule has 0 radical (unpaired) electrons. The molecule has 1 aliphatic carbocycles. The monoisotopic (exact) mass is 454 g/mol. The molecule has 24 heavy (non-hydrogen) atoms. The third-order valence-corrected chi connectivity index (χ3v) is 3.99. The summed E-state index contributed by atoms with van der Waals surface area (Å²) >= 11 is 0. The highest BCUT2D eigenvalue weighted by Crippen LogP contribution is 2.16. The molecule has 0 aromatic heterocycles. The van der Waals surface area contributed by atoms with Crippen LogP contribution >= 0.6 is 24.0 Å². The number of carbonyl (C=O) groups is 1. The second-order valence-electron chi connectivity index (χ2n) is 6.55. The molecule has 1 fully saturated rings. The number of hydrogen-bond acceptors (Lipinski definition) is 3. The number of hydrogen-bond donors (Lipinski definition) is 3. The molecule has 0 spiro atoms. The Bertz CT molecular complexity index is 358. The third kappa shape index (κ3) is 11.9. The summed E-state index contributed by atoms with van der Waals surface area (Å²) < 4.78 is 5.54. The minimum atomic E-state index is 0. The summed E-state index contributed by atoms with van der Waals surface area (Å²) in [5.41, 5.74) is 0. The van der Waals surface area contributed by atoms with Crippen LogP contribution in [0.25, 0.3) is 0 Å². The maximum absolute atomic E-state index is 11.9. The van der Waals surface area contributed by atoms with Crippen molar-refractivity contribution in [2.45, 2.75) is 58.4 Å². The highest BCUT2D eigenvalue weighted by Gasteiger charge is 2.15. The molecule has 6 nitrogen and oxygen atoms in total. The lowest BCUT2D eigenvalue weighted by atomic mass is 9.95. The Morgan fingerprint density at radius 2 is 1.88 bits per heavy atom. The minimum absolute atomic E-state index is 0. The van der Waals surface area contributed by atoms with E-state index < -0.39 is 0 Å². The fourth-order valence-electron chi connectivity index (χ4n) is 2.57. The summed E-state index contributed by atoms with van der Waals surface area (Å²) in [6.45, 7) is 6.74. The molecule has 0 heterocycles. The molecule has 3 N–H and O–H groups in total. The van der Waals surface area contributed by atoms with Crippen LogP contribution in [0, 0.1) is 5.92 Å². The number of amides is 1. The minimum Gasteiger partial charge on any atom is -0.380 e. The molecule has 1 amide bonds. The predicted molar refractivity (Wildman–Crippen MR) is 110 cm³/mol. The summed E-state index contributed by atoms with van der Waals surface area (Å²) in [5.74, 6) is 1.34. The van der Waals surface area contributed by atoms with Gasteiger partial charge in [-0.15, -0.1) is 24.0 Å². The van der Waals surface area contributed by atoms with Gasteiger partial charge in [0.15, 0.2) is 5.96 Å². The van der Waals surface area contributed by atoms with Crippen molar-refractivity contribution < 1.29 is 9.53 Å². The zero-order valence-electron chi connectivity index (χ0n) is 15.4. The molecule has 0 aromatic rings. The van der Waals surface area contributed by atoms with Crippen LogP contribution in [-0.4, -0.2) is 51.3 Å². The van der Waals surface area contributed by atoms with E-state index in [-0.39, 0.29) is 36.4 Å². The first-order valence-electron chi connectivity index (χ1n) is 8.93. The Kier molecular flexibility index (Phi) is 14.4. The highest BCUT2D eigenvalue weighted by atomic mass is 127. The molecule has 1 saturated carbocycles. The zero-order valence-corrected chi connectivity index (χ0v) is 17.7. The van der Waals surface area contributed by atoms with E-state index in [1.165, 1.54) is 19.3 Å². The van der Waals surface area contributed by atoms with Gasteiger partial charge >= 0.3 is 0 Å². The van der Waals surface area contributed by atoms with Crippen LogP contribution < -0.4 is 16.0 Å². The van der Waals surface area contributed by atoms with Gasteiger partial charge in [0.2, 0.25) is 5.91 Å². The van der Waals surface area contributed by atoms with Crippen molar-refractivity contribution >= 4 is 35.8 Å². The van der Waals surface area contributed by atoms with Crippen LogP contribution in [0.3, 0.4) is 0 Å². The van der Waals surface area contributed by atoms with Gasteiger partial charge in [0.25, 0.3) is 0 Å². The summed E-state index contributed by atoms with van der Waals surface area (Å²) in [4.78, 5) is 16.0. The smallest absolute Gasteiger partial charge is 0.239 e. The second-order valence-corrected chi connectivity index (χ2v) is 6.55. The van der Waals surface area contributed by atoms with E-state index in [2.05, 4.69) is 34.8 Å². The van der Waals surface area contributed by atoms with Gasteiger partial charge in [0.1, 0.15) is 0 Å². The van der Waals surface area contributed by atoms with Gasteiger partial charge in [0.05, 0.1) is 13.2 Å². The summed E-state index contributed by atoms with van der Waals surface area (Å²) in [5, 5.41) is 9.27. The number of nitrogens with one attached hydrogen (secondary N) is 3. The van der Waals surface area contributed by atoms with Gasteiger partial charge in [-0.05, 0) is 25.2 Å². The van der Waals surface area contributed by atoms with Gasteiger partial charge in [-0.1, -0.05) is 33.1 Å². The van der Waals surface area contributed by atoms with Gasteiger partial charge in [-0.2, -0.15) is 0 Å². The molecule has 142 valence electrons. The topological polar surface area (TPSA) is 74.8 Å². The largest absolute Gasteiger partial charge is 0.380 e. The van der Waals surface area contributed by atoms with Crippen molar-refractivity contribution in [2.75, 3.05) is 33.4 Å². The van der Waals surface area contributed by atoms with Gasteiger partial charge in [0, 0.05) is 26.2 Å². The van der Waals surface area contributed by atoms with Crippen molar-refractivity contribution in [3.63, 3.8) is 0 Å². The molecule has 0 aromatic carbocycles. The normalized spacial score (nSPS) is 15.8. The number of ether oxygens (including phenoxy) is 1. The average molecular weight is 454 g/mol. The molecule has 0 bridgehead atoms. The van der Waals surface area contributed by atoms with E-state index >= 15 is 0 Å². The molecule has 0 atom stereocenters. The van der Waals surface area contributed by atoms with Crippen molar-refractivity contribution in [3.05, 3.63) is 0 Å². The molecule has 0 aliphatic heterocycles. The Hall–Kier alpha value is -0.570. The summed E-state index contributed by atoms with van der Waals surface area (Å²) in [6, 6.07) is 0.349. The fraction of sp³-hybridized carbons (Fsp3) is 0.882. The summed E-state index contributed by atoms with van der Waals surface area (Å²) in [6.07, 6.45) is 7.02. The number of guanidine groups is 1. The fourth-order valence-corrected chi connectivity index (χ4v) is 2.57. The number of rotatable bonds is 9. The first-order valence-corrected chi connectivity index (χ1v) is 8.93. The molecule has 0 saturated heterocycles. The highest BCUT2D eigenvalue weighted by molar-refractivity contribution is 14.0. The quantitative estimate of drug-likeness (QED) is 0.216. The predicted octanol–water partition coefficient (Wildman–Crippen LogP) is 2.28. The number of carbonyl (C=O) groups excluding carboxylic acids is 1. The lowest BCUT2D eigenvalue weighted by molar-refractivity contribution is -0.120. The van der Waals surface area contributed by atoms with Gasteiger partial charge in [-0.3, -0.25) is 9.79 Å². The Labute approximate surface area is 164 Å². The first-order chi connectivity index (χ1) is 11.1. The van der Waals surface area contributed by atoms with Crippen LogP contribution in [0.5, 0.6) is 0 Å². The van der Waals surface area contributed by atoms with Crippen molar-refractivity contribution in [3.8, 4) is 0 Å². The maximum atomic E-state index is 11.9. The number of halogens is 1. The maximum Gasteiger partial charge on any atom is 0.239 e. The number of nitrogens with zero attached hydrogens (tertiary/aromatic N) is 1. The van der Waals surface area contributed by atoms with Crippen LogP contribution in [0.15, 0.2) is 4.99 Å².